The first-order valence-corrected chi connectivity index (χ1v) is 7.38. The summed E-state index contributed by atoms with van der Waals surface area (Å²) in [5.41, 5.74) is 1.97. The molecule has 0 unspecified atom stereocenters. The Morgan fingerprint density at radius 1 is 1.32 bits per heavy atom. The number of carbonyl (C=O) groups excluding carboxylic acids is 1. The Morgan fingerprint density at radius 3 is 2.73 bits per heavy atom. The number of benzene rings is 1. The Balaban J connectivity index is 1.85. The van der Waals surface area contributed by atoms with Crippen LogP contribution >= 0.6 is 0 Å². The van der Waals surface area contributed by atoms with E-state index in [2.05, 4.69) is 27.8 Å². The number of aromatic nitrogens is 4. The van der Waals surface area contributed by atoms with Crippen LogP contribution in [-0.4, -0.2) is 44.6 Å². The third-order valence-electron chi connectivity index (χ3n) is 3.20. The smallest absolute Gasteiger partial charge is 0.238 e. The average Bonchev–Trinajstić information content (AvgIpc) is 2.89. The van der Waals surface area contributed by atoms with E-state index in [-0.39, 0.29) is 12.5 Å². The van der Waals surface area contributed by atoms with E-state index >= 15 is 0 Å². The van der Waals surface area contributed by atoms with Gasteiger partial charge in [-0.3, -0.25) is 9.69 Å². The summed E-state index contributed by atoms with van der Waals surface area (Å²) in [6.45, 7) is 5.69. The fraction of sp³-hybridized carbons (Fsp3) is 0.467. The normalized spacial score (nSPS) is 10.9. The number of likely N-dealkylation sites (N-methyl/N-ethyl adjacent to an activating group) is 1. The second kappa shape index (κ2) is 7.65. The second-order valence-corrected chi connectivity index (χ2v) is 5.40. The Hall–Kier alpha value is -2.28. The SMILES string of the molecule is CCCn1nnnc1CN(C)CC(=O)Nc1ccc(C)cc1. The van der Waals surface area contributed by atoms with Crippen molar-refractivity contribution >= 4 is 11.6 Å². The first kappa shape index (κ1) is 16.1. The molecular weight excluding hydrogens is 280 g/mol. The van der Waals surface area contributed by atoms with E-state index in [1.807, 2.05) is 43.1 Å². The van der Waals surface area contributed by atoms with Crippen molar-refractivity contribution in [1.82, 2.24) is 25.1 Å². The number of rotatable bonds is 7. The van der Waals surface area contributed by atoms with Crippen molar-refractivity contribution < 1.29 is 4.79 Å². The van der Waals surface area contributed by atoms with Gasteiger partial charge in [0.15, 0.2) is 5.82 Å². The number of carbonyl (C=O) groups is 1. The minimum absolute atomic E-state index is 0.0548. The molecule has 1 N–H and O–H groups in total. The molecule has 1 aromatic carbocycles. The van der Waals surface area contributed by atoms with E-state index in [1.54, 1.807) is 4.68 Å². The number of hydrogen-bond acceptors (Lipinski definition) is 5. The number of amides is 1. The summed E-state index contributed by atoms with van der Waals surface area (Å²) in [6.07, 6.45) is 0.968. The molecule has 7 nitrogen and oxygen atoms in total. The van der Waals surface area contributed by atoms with Crippen LogP contribution in [0.1, 0.15) is 24.7 Å². The van der Waals surface area contributed by atoms with E-state index in [9.17, 15) is 4.79 Å². The molecule has 22 heavy (non-hydrogen) atoms. The van der Waals surface area contributed by atoms with Crippen LogP contribution in [0.2, 0.25) is 0 Å². The zero-order chi connectivity index (χ0) is 15.9. The summed E-state index contributed by atoms with van der Waals surface area (Å²) in [7, 11) is 1.87. The summed E-state index contributed by atoms with van der Waals surface area (Å²) in [5, 5.41) is 14.5. The highest BCUT2D eigenvalue weighted by Gasteiger charge is 2.12. The van der Waals surface area contributed by atoms with Gasteiger partial charge in [0.05, 0.1) is 13.1 Å². The number of aryl methyl sites for hydroxylation is 2. The van der Waals surface area contributed by atoms with E-state index < -0.39 is 0 Å². The molecule has 0 saturated heterocycles. The van der Waals surface area contributed by atoms with Crippen LogP contribution in [0.15, 0.2) is 24.3 Å². The van der Waals surface area contributed by atoms with Crippen LogP contribution in [0.5, 0.6) is 0 Å². The van der Waals surface area contributed by atoms with Gasteiger partial charge in [-0.15, -0.1) is 5.10 Å². The summed E-state index contributed by atoms with van der Waals surface area (Å²) in [5.74, 6) is 0.716. The highest BCUT2D eigenvalue weighted by Crippen LogP contribution is 2.08. The van der Waals surface area contributed by atoms with Crippen molar-refractivity contribution in [2.45, 2.75) is 33.4 Å². The molecule has 0 saturated carbocycles. The van der Waals surface area contributed by atoms with Gasteiger partial charge in [0, 0.05) is 12.2 Å². The summed E-state index contributed by atoms with van der Waals surface area (Å²) < 4.78 is 1.77. The van der Waals surface area contributed by atoms with E-state index in [0.29, 0.717) is 6.54 Å². The van der Waals surface area contributed by atoms with Crippen LogP contribution in [0.3, 0.4) is 0 Å². The van der Waals surface area contributed by atoms with Gasteiger partial charge in [0.1, 0.15) is 0 Å². The first-order valence-electron chi connectivity index (χ1n) is 7.38. The minimum atomic E-state index is -0.0548. The molecule has 0 aliphatic carbocycles. The largest absolute Gasteiger partial charge is 0.325 e. The topological polar surface area (TPSA) is 75.9 Å². The van der Waals surface area contributed by atoms with Gasteiger partial charge in [-0.25, -0.2) is 4.68 Å². The van der Waals surface area contributed by atoms with Crippen LogP contribution in [0, 0.1) is 6.92 Å². The molecular formula is C15H22N6O. The van der Waals surface area contributed by atoms with Gasteiger partial charge in [-0.1, -0.05) is 24.6 Å². The van der Waals surface area contributed by atoms with E-state index in [4.69, 9.17) is 0 Å². The maximum atomic E-state index is 12.0. The Bertz CT molecular complexity index is 607. The molecule has 1 aromatic heterocycles. The molecule has 2 rings (SSSR count). The molecule has 1 amide bonds. The number of hydrogen-bond donors (Lipinski definition) is 1. The van der Waals surface area contributed by atoms with Gasteiger partial charge in [0.2, 0.25) is 5.91 Å². The third kappa shape index (κ3) is 4.63. The van der Waals surface area contributed by atoms with Gasteiger partial charge in [-0.05, 0) is 43.0 Å². The summed E-state index contributed by atoms with van der Waals surface area (Å²) >= 11 is 0. The molecule has 2 aromatic rings. The van der Waals surface area contributed by atoms with Crippen LogP contribution in [-0.2, 0) is 17.9 Å². The van der Waals surface area contributed by atoms with Gasteiger partial charge in [-0.2, -0.15) is 0 Å². The van der Waals surface area contributed by atoms with Crippen LogP contribution in [0.4, 0.5) is 5.69 Å². The Morgan fingerprint density at radius 2 is 2.05 bits per heavy atom. The quantitative estimate of drug-likeness (QED) is 0.838. The molecule has 7 heteroatoms. The highest BCUT2D eigenvalue weighted by molar-refractivity contribution is 5.92. The third-order valence-corrected chi connectivity index (χ3v) is 3.20. The lowest BCUT2D eigenvalue weighted by atomic mass is 10.2. The van der Waals surface area contributed by atoms with Crippen molar-refractivity contribution in [2.24, 2.45) is 0 Å². The molecule has 0 radical (unpaired) electrons. The first-order chi connectivity index (χ1) is 10.6. The number of anilines is 1. The maximum absolute atomic E-state index is 12.0. The van der Waals surface area contributed by atoms with Gasteiger partial charge >= 0.3 is 0 Å². The second-order valence-electron chi connectivity index (χ2n) is 5.40. The number of nitrogens with one attached hydrogen (secondary N) is 1. The Kier molecular flexibility index (Phi) is 5.60. The monoisotopic (exact) mass is 302 g/mol. The number of nitrogens with zero attached hydrogens (tertiary/aromatic N) is 5. The lowest BCUT2D eigenvalue weighted by Crippen LogP contribution is -2.30. The van der Waals surface area contributed by atoms with Gasteiger partial charge in [0.25, 0.3) is 0 Å². The Labute approximate surface area is 130 Å². The summed E-state index contributed by atoms with van der Waals surface area (Å²) in [6, 6.07) is 7.74. The maximum Gasteiger partial charge on any atom is 0.238 e. The molecule has 0 fully saturated rings. The van der Waals surface area contributed by atoms with E-state index in [0.717, 1.165) is 30.0 Å². The van der Waals surface area contributed by atoms with Crippen LogP contribution < -0.4 is 5.32 Å². The van der Waals surface area contributed by atoms with Crippen molar-refractivity contribution in [3.63, 3.8) is 0 Å². The molecule has 0 spiro atoms. The molecule has 1 heterocycles. The van der Waals surface area contributed by atoms with Crippen molar-refractivity contribution in [2.75, 3.05) is 18.9 Å². The lowest BCUT2D eigenvalue weighted by Gasteiger charge is -2.15. The van der Waals surface area contributed by atoms with Crippen molar-refractivity contribution in [3.05, 3.63) is 35.7 Å². The lowest BCUT2D eigenvalue weighted by molar-refractivity contribution is -0.117. The predicted octanol–water partition coefficient (Wildman–Crippen LogP) is 1.46. The van der Waals surface area contributed by atoms with Crippen LogP contribution in [0.25, 0.3) is 0 Å². The van der Waals surface area contributed by atoms with Gasteiger partial charge < -0.3 is 5.32 Å². The minimum Gasteiger partial charge on any atom is -0.325 e. The average molecular weight is 302 g/mol. The predicted molar refractivity (Wildman–Crippen MR) is 84.3 cm³/mol. The molecule has 0 aliphatic rings. The number of tetrazole rings is 1. The van der Waals surface area contributed by atoms with Crippen molar-refractivity contribution in [1.29, 1.82) is 0 Å². The fourth-order valence-electron chi connectivity index (χ4n) is 2.10. The molecule has 0 atom stereocenters. The molecule has 0 bridgehead atoms. The molecule has 118 valence electrons. The van der Waals surface area contributed by atoms with E-state index in [1.165, 1.54) is 0 Å². The standard InChI is InChI=1S/C15H22N6O/c1-4-9-21-14(17-18-19-21)10-20(3)11-15(22)16-13-7-5-12(2)6-8-13/h5-8H,4,9-11H2,1-3H3,(H,16,22). The zero-order valence-electron chi connectivity index (χ0n) is 13.3. The van der Waals surface area contributed by atoms with Crippen molar-refractivity contribution in [3.8, 4) is 0 Å². The molecule has 0 aliphatic heterocycles. The highest BCUT2D eigenvalue weighted by atomic mass is 16.2. The fourth-order valence-corrected chi connectivity index (χ4v) is 2.10. The summed E-state index contributed by atoms with van der Waals surface area (Å²) in [4.78, 5) is 13.9. The zero-order valence-corrected chi connectivity index (χ0v) is 13.3.